The van der Waals surface area contributed by atoms with Crippen molar-refractivity contribution in [2.45, 2.75) is 45.2 Å². The molecule has 2 heterocycles. The minimum absolute atomic E-state index is 0.678. The molecule has 1 saturated heterocycles. The largest absolute Gasteiger partial charge is 0.313 e. The van der Waals surface area contributed by atoms with E-state index in [1.807, 2.05) is 12.4 Å². The van der Waals surface area contributed by atoms with Crippen LogP contribution < -0.4 is 5.32 Å². The molecular weight excluding hydrogens is 302 g/mol. The smallest absolute Gasteiger partial charge is 0.0410 e. The van der Waals surface area contributed by atoms with Gasteiger partial charge in [-0.25, -0.2) is 0 Å². The molecule has 1 N–H and O–H groups in total. The van der Waals surface area contributed by atoms with Crippen LogP contribution in [0.25, 0.3) is 0 Å². The SMILES string of the molecule is CCCCN(Cc1cncc(Br)c1)CC1CCCN1. The van der Waals surface area contributed by atoms with Crippen LogP contribution >= 0.6 is 15.9 Å². The molecule has 0 aromatic carbocycles. The van der Waals surface area contributed by atoms with Crippen LogP contribution in [0.15, 0.2) is 22.9 Å². The zero-order valence-electron chi connectivity index (χ0n) is 11.7. The molecule has 4 heteroatoms. The van der Waals surface area contributed by atoms with E-state index in [4.69, 9.17) is 0 Å². The van der Waals surface area contributed by atoms with Gasteiger partial charge in [-0.05, 0) is 59.9 Å². The van der Waals surface area contributed by atoms with Crippen molar-refractivity contribution in [3.8, 4) is 0 Å². The summed E-state index contributed by atoms with van der Waals surface area (Å²) in [6, 6.07) is 2.85. The van der Waals surface area contributed by atoms with Crippen molar-refractivity contribution >= 4 is 15.9 Å². The van der Waals surface area contributed by atoms with Gasteiger partial charge in [0.15, 0.2) is 0 Å². The summed E-state index contributed by atoms with van der Waals surface area (Å²) >= 11 is 3.50. The highest BCUT2D eigenvalue weighted by Gasteiger charge is 2.17. The molecule has 3 nitrogen and oxygen atoms in total. The van der Waals surface area contributed by atoms with Gasteiger partial charge in [0.25, 0.3) is 0 Å². The molecule has 19 heavy (non-hydrogen) atoms. The minimum atomic E-state index is 0.678. The fourth-order valence-corrected chi connectivity index (χ4v) is 3.05. The number of nitrogens with zero attached hydrogens (tertiary/aromatic N) is 2. The standard InChI is InChI=1S/C15H24BrN3/c1-2-3-7-19(12-15-5-4-6-18-15)11-13-8-14(16)10-17-9-13/h8-10,15,18H,2-7,11-12H2,1H3. The molecule has 2 rings (SSSR count). The molecular formula is C15H24BrN3. The Labute approximate surface area is 124 Å². The van der Waals surface area contributed by atoms with E-state index >= 15 is 0 Å². The predicted octanol–water partition coefficient (Wildman–Crippen LogP) is 3.20. The summed E-state index contributed by atoms with van der Waals surface area (Å²) in [5.41, 5.74) is 1.29. The predicted molar refractivity (Wildman–Crippen MR) is 83.1 cm³/mol. The highest BCUT2D eigenvalue weighted by Crippen LogP contribution is 2.14. The van der Waals surface area contributed by atoms with Crippen molar-refractivity contribution in [2.24, 2.45) is 0 Å². The van der Waals surface area contributed by atoms with Crippen LogP contribution in [0.4, 0.5) is 0 Å². The van der Waals surface area contributed by atoms with E-state index in [1.165, 1.54) is 44.3 Å². The molecule has 106 valence electrons. The lowest BCUT2D eigenvalue weighted by molar-refractivity contribution is 0.237. The summed E-state index contributed by atoms with van der Waals surface area (Å²) in [5, 5.41) is 3.59. The molecule has 1 aromatic heterocycles. The number of unbranched alkanes of at least 4 members (excludes halogenated alkanes) is 1. The van der Waals surface area contributed by atoms with Crippen molar-refractivity contribution in [1.29, 1.82) is 0 Å². The van der Waals surface area contributed by atoms with Crippen molar-refractivity contribution < 1.29 is 0 Å². The maximum atomic E-state index is 4.26. The number of aromatic nitrogens is 1. The molecule has 0 aliphatic carbocycles. The third-order valence-electron chi connectivity index (χ3n) is 3.64. The number of pyridine rings is 1. The van der Waals surface area contributed by atoms with Gasteiger partial charge in [-0.2, -0.15) is 0 Å². The first-order valence-corrected chi connectivity index (χ1v) is 8.12. The van der Waals surface area contributed by atoms with Crippen molar-refractivity contribution in [3.63, 3.8) is 0 Å². The van der Waals surface area contributed by atoms with Crippen LogP contribution in [-0.4, -0.2) is 35.6 Å². The topological polar surface area (TPSA) is 28.2 Å². The number of rotatable bonds is 7. The average Bonchev–Trinajstić information content (AvgIpc) is 2.89. The lowest BCUT2D eigenvalue weighted by Gasteiger charge is -2.25. The Kier molecular flexibility index (Phi) is 6.28. The normalized spacial score (nSPS) is 19.2. The Bertz CT molecular complexity index is 377. The third kappa shape index (κ3) is 5.21. The van der Waals surface area contributed by atoms with Gasteiger partial charge in [0.05, 0.1) is 0 Å². The summed E-state index contributed by atoms with van der Waals surface area (Å²) in [6.07, 6.45) is 8.99. The average molecular weight is 326 g/mol. The van der Waals surface area contributed by atoms with Crippen molar-refractivity contribution in [3.05, 3.63) is 28.5 Å². The minimum Gasteiger partial charge on any atom is -0.313 e. The Morgan fingerprint density at radius 2 is 2.37 bits per heavy atom. The van der Waals surface area contributed by atoms with Gasteiger partial charge in [-0.15, -0.1) is 0 Å². The summed E-state index contributed by atoms with van der Waals surface area (Å²) in [4.78, 5) is 6.83. The van der Waals surface area contributed by atoms with Gasteiger partial charge in [0.2, 0.25) is 0 Å². The second-order valence-electron chi connectivity index (χ2n) is 5.39. The van der Waals surface area contributed by atoms with E-state index in [-0.39, 0.29) is 0 Å². The third-order valence-corrected chi connectivity index (χ3v) is 4.07. The first-order valence-electron chi connectivity index (χ1n) is 7.33. The first kappa shape index (κ1) is 14.9. The van der Waals surface area contributed by atoms with Crippen LogP contribution in [0.1, 0.15) is 38.2 Å². The highest BCUT2D eigenvalue weighted by molar-refractivity contribution is 9.10. The molecule has 1 aliphatic rings. The summed E-state index contributed by atoms with van der Waals surface area (Å²) < 4.78 is 1.07. The summed E-state index contributed by atoms with van der Waals surface area (Å²) in [5.74, 6) is 0. The number of halogens is 1. The molecule has 1 aliphatic heterocycles. The van der Waals surface area contributed by atoms with Crippen LogP contribution in [0.2, 0.25) is 0 Å². The summed E-state index contributed by atoms with van der Waals surface area (Å²) in [7, 11) is 0. The molecule has 1 atom stereocenters. The maximum Gasteiger partial charge on any atom is 0.0410 e. The van der Waals surface area contributed by atoms with Gasteiger partial charge in [0, 0.05) is 36.0 Å². The van der Waals surface area contributed by atoms with E-state index in [1.54, 1.807) is 0 Å². The lowest BCUT2D eigenvalue weighted by Crippen LogP contribution is -2.37. The molecule has 1 unspecified atom stereocenters. The van der Waals surface area contributed by atoms with Gasteiger partial charge in [-0.3, -0.25) is 9.88 Å². The van der Waals surface area contributed by atoms with Crippen LogP contribution in [-0.2, 0) is 6.54 Å². The van der Waals surface area contributed by atoms with Crippen LogP contribution in [0, 0.1) is 0 Å². The Hall–Kier alpha value is -0.450. The van der Waals surface area contributed by atoms with Crippen LogP contribution in [0.3, 0.4) is 0 Å². The lowest BCUT2D eigenvalue weighted by atomic mass is 10.2. The fraction of sp³-hybridized carbons (Fsp3) is 0.667. The maximum absolute atomic E-state index is 4.26. The fourth-order valence-electron chi connectivity index (χ4n) is 2.64. The van der Waals surface area contributed by atoms with Gasteiger partial charge in [-0.1, -0.05) is 13.3 Å². The highest BCUT2D eigenvalue weighted by atomic mass is 79.9. The van der Waals surface area contributed by atoms with Gasteiger partial charge < -0.3 is 5.32 Å². The quantitative estimate of drug-likeness (QED) is 0.834. The Morgan fingerprint density at radius 1 is 1.47 bits per heavy atom. The molecule has 1 aromatic rings. The molecule has 1 fully saturated rings. The zero-order chi connectivity index (χ0) is 13.5. The second-order valence-corrected chi connectivity index (χ2v) is 6.31. The molecule has 0 radical (unpaired) electrons. The molecule has 0 bridgehead atoms. The van der Waals surface area contributed by atoms with E-state index < -0.39 is 0 Å². The number of hydrogen-bond acceptors (Lipinski definition) is 3. The summed E-state index contributed by atoms with van der Waals surface area (Å²) in [6.45, 7) is 6.79. The number of hydrogen-bond donors (Lipinski definition) is 1. The van der Waals surface area contributed by atoms with E-state index in [2.05, 4.69) is 44.1 Å². The van der Waals surface area contributed by atoms with Crippen molar-refractivity contribution in [2.75, 3.05) is 19.6 Å². The van der Waals surface area contributed by atoms with Gasteiger partial charge in [0.1, 0.15) is 0 Å². The Balaban J connectivity index is 1.92. The van der Waals surface area contributed by atoms with E-state index in [0.717, 1.165) is 17.6 Å². The molecule has 0 saturated carbocycles. The monoisotopic (exact) mass is 325 g/mol. The zero-order valence-corrected chi connectivity index (χ0v) is 13.3. The van der Waals surface area contributed by atoms with Crippen molar-refractivity contribution in [1.82, 2.24) is 15.2 Å². The Morgan fingerprint density at radius 3 is 3.05 bits per heavy atom. The van der Waals surface area contributed by atoms with E-state index in [0.29, 0.717) is 6.04 Å². The first-order chi connectivity index (χ1) is 9.28. The van der Waals surface area contributed by atoms with Gasteiger partial charge >= 0.3 is 0 Å². The van der Waals surface area contributed by atoms with Crippen LogP contribution in [0.5, 0.6) is 0 Å². The molecule has 0 spiro atoms. The second kappa shape index (κ2) is 7.98. The van der Waals surface area contributed by atoms with E-state index in [9.17, 15) is 0 Å². The number of nitrogens with one attached hydrogen (secondary N) is 1. The molecule has 0 amide bonds.